The molecule has 3 aromatic rings. The first-order chi connectivity index (χ1) is 15.9. The Labute approximate surface area is 191 Å². The number of aromatic nitrogens is 2. The summed E-state index contributed by atoms with van der Waals surface area (Å²) < 4.78 is 23.3. The number of rotatable bonds is 8. The molecular weight excluding hydrogens is 428 g/mol. The quantitative estimate of drug-likeness (QED) is 0.558. The SMILES string of the molecule is COc1cc(N2CC(C(=O)Nc3ccnn3Cc3ccc(C)o3)CC2=O)cc(OC)c1OC. The van der Waals surface area contributed by atoms with Crippen LogP contribution >= 0.6 is 0 Å². The Balaban J connectivity index is 1.48. The molecule has 1 saturated heterocycles. The van der Waals surface area contributed by atoms with Crippen LogP contribution in [0.2, 0.25) is 0 Å². The number of anilines is 2. The van der Waals surface area contributed by atoms with Crippen molar-refractivity contribution in [1.29, 1.82) is 0 Å². The Morgan fingerprint density at radius 3 is 2.48 bits per heavy atom. The predicted octanol–water partition coefficient (Wildman–Crippen LogP) is 2.85. The zero-order chi connectivity index (χ0) is 23.5. The number of nitrogens with one attached hydrogen (secondary N) is 1. The van der Waals surface area contributed by atoms with Crippen LogP contribution in [-0.2, 0) is 16.1 Å². The van der Waals surface area contributed by atoms with E-state index in [1.54, 1.807) is 34.0 Å². The second-order valence-electron chi connectivity index (χ2n) is 7.66. The summed E-state index contributed by atoms with van der Waals surface area (Å²) >= 11 is 0. The van der Waals surface area contributed by atoms with Crippen LogP contribution in [0.15, 0.2) is 40.9 Å². The van der Waals surface area contributed by atoms with E-state index in [1.807, 2.05) is 19.1 Å². The minimum Gasteiger partial charge on any atom is -0.493 e. The van der Waals surface area contributed by atoms with Crippen molar-refractivity contribution >= 4 is 23.3 Å². The summed E-state index contributed by atoms with van der Waals surface area (Å²) in [5, 5.41) is 7.14. The van der Waals surface area contributed by atoms with Gasteiger partial charge in [0.2, 0.25) is 17.6 Å². The van der Waals surface area contributed by atoms with E-state index >= 15 is 0 Å². The van der Waals surface area contributed by atoms with Gasteiger partial charge in [0, 0.05) is 31.2 Å². The highest BCUT2D eigenvalue weighted by Crippen LogP contribution is 2.42. The zero-order valence-corrected chi connectivity index (χ0v) is 19.0. The molecule has 1 aromatic carbocycles. The number of hydrogen-bond acceptors (Lipinski definition) is 7. The molecular formula is C23H26N4O6. The van der Waals surface area contributed by atoms with E-state index in [2.05, 4.69) is 10.4 Å². The number of nitrogens with zero attached hydrogens (tertiary/aromatic N) is 3. The van der Waals surface area contributed by atoms with Gasteiger partial charge in [0.15, 0.2) is 11.5 Å². The Bertz CT molecular complexity index is 1140. The third-order valence-electron chi connectivity index (χ3n) is 5.53. The van der Waals surface area contributed by atoms with E-state index in [0.717, 1.165) is 11.5 Å². The number of hydrogen-bond donors (Lipinski definition) is 1. The molecule has 1 N–H and O–H groups in total. The van der Waals surface area contributed by atoms with Crippen LogP contribution in [-0.4, -0.2) is 49.5 Å². The molecule has 10 heteroatoms. The third kappa shape index (κ3) is 4.50. The number of furan rings is 1. The Kier molecular flexibility index (Phi) is 6.25. The van der Waals surface area contributed by atoms with E-state index in [0.29, 0.717) is 35.3 Å². The molecule has 174 valence electrons. The van der Waals surface area contributed by atoms with Crippen molar-refractivity contribution in [3.05, 3.63) is 48.0 Å². The van der Waals surface area contributed by atoms with Crippen LogP contribution in [0.1, 0.15) is 17.9 Å². The summed E-state index contributed by atoms with van der Waals surface area (Å²) in [6.07, 6.45) is 1.70. The molecule has 10 nitrogen and oxygen atoms in total. The van der Waals surface area contributed by atoms with E-state index < -0.39 is 5.92 Å². The molecule has 0 radical (unpaired) electrons. The minimum atomic E-state index is -0.522. The van der Waals surface area contributed by atoms with Crippen molar-refractivity contribution in [3.63, 3.8) is 0 Å². The summed E-state index contributed by atoms with van der Waals surface area (Å²) in [4.78, 5) is 27.3. The zero-order valence-electron chi connectivity index (χ0n) is 19.0. The van der Waals surface area contributed by atoms with Crippen molar-refractivity contribution < 1.29 is 28.2 Å². The topological polar surface area (TPSA) is 108 Å². The molecule has 1 aliphatic heterocycles. The van der Waals surface area contributed by atoms with Crippen LogP contribution in [0, 0.1) is 12.8 Å². The van der Waals surface area contributed by atoms with Gasteiger partial charge in [0.1, 0.15) is 23.9 Å². The van der Waals surface area contributed by atoms with Gasteiger partial charge in [0.25, 0.3) is 0 Å². The lowest BCUT2D eigenvalue weighted by Crippen LogP contribution is -2.28. The smallest absolute Gasteiger partial charge is 0.230 e. The van der Waals surface area contributed by atoms with Crippen molar-refractivity contribution in [2.75, 3.05) is 38.1 Å². The Morgan fingerprint density at radius 1 is 1.15 bits per heavy atom. The molecule has 2 amide bonds. The van der Waals surface area contributed by atoms with Gasteiger partial charge in [-0.1, -0.05) is 0 Å². The molecule has 4 rings (SSSR count). The summed E-state index contributed by atoms with van der Waals surface area (Å²) in [6, 6.07) is 8.84. The first-order valence-corrected chi connectivity index (χ1v) is 10.4. The molecule has 0 spiro atoms. The molecule has 1 fully saturated rings. The van der Waals surface area contributed by atoms with Crippen LogP contribution in [0.4, 0.5) is 11.5 Å². The highest BCUT2D eigenvalue weighted by molar-refractivity contribution is 6.03. The van der Waals surface area contributed by atoms with E-state index in [4.69, 9.17) is 18.6 Å². The number of amides is 2. The molecule has 0 bridgehead atoms. The fourth-order valence-corrected chi connectivity index (χ4v) is 3.87. The first-order valence-electron chi connectivity index (χ1n) is 10.4. The number of benzene rings is 1. The molecule has 2 aromatic heterocycles. The summed E-state index contributed by atoms with van der Waals surface area (Å²) in [5.41, 5.74) is 0.572. The van der Waals surface area contributed by atoms with Crippen LogP contribution in [0.25, 0.3) is 0 Å². The lowest BCUT2D eigenvalue weighted by atomic mass is 10.1. The van der Waals surface area contributed by atoms with Crippen LogP contribution in [0.5, 0.6) is 17.2 Å². The highest BCUT2D eigenvalue weighted by Gasteiger charge is 2.36. The summed E-state index contributed by atoms with van der Waals surface area (Å²) in [5.74, 6) is 2.44. The maximum Gasteiger partial charge on any atom is 0.230 e. The summed E-state index contributed by atoms with van der Waals surface area (Å²) in [7, 11) is 4.53. The van der Waals surface area contributed by atoms with Crippen molar-refractivity contribution in [3.8, 4) is 17.2 Å². The molecule has 0 aliphatic carbocycles. The molecule has 0 saturated carbocycles. The summed E-state index contributed by atoms with van der Waals surface area (Å²) in [6.45, 7) is 2.48. The average molecular weight is 454 g/mol. The van der Waals surface area contributed by atoms with E-state index in [1.165, 1.54) is 21.3 Å². The van der Waals surface area contributed by atoms with Crippen molar-refractivity contribution in [2.45, 2.75) is 19.9 Å². The average Bonchev–Trinajstić information content (AvgIpc) is 3.53. The second kappa shape index (κ2) is 9.27. The highest BCUT2D eigenvalue weighted by atomic mass is 16.5. The maximum atomic E-state index is 13.0. The molecule has 1 aliphatic rings. The lowest BCUT2D eigenvalue weighted by molar-refractivity contribution is -0.122. The van der Waals surface area contributed by atoms with Gasteiger partial charge in [-0.25, -0.2) is 4.68 Å². The van der Waals surface area contributed by atoms with Crippen LogP contribution < -0.4 is 24.4 Å². The van der Waals surface area contributed by atoms with E-state index in [9.17, 15) is 9.59 Å². The number of carbonyl (C=O) groups excluding carboxylic acids is 2. The predicted molar refractivity (Wildman–Crippen MR) is 120 cm³/mol. The molecule has 33 heavy (non-hydrogen) atoms. The second-order valence-corrected chi connectivity index (χ2v) is 7.66. The number of methoxy groups -OCH3 is 3. The molecule has 1 unspecified atom stereocenters. The fraction of sp³-hybridized carbons (Fsp3) is 0.348. The first kappa shape index (κ1) is 22.3. The van der Waals surface area contributed by atoms with Gasteiger partial charge < -0.3 is 28.8 Å². The molecule has 1 atom stereocenters. The standard InChI is InChI=1S/C23H26N4O6/c1-14-5-6-17(33-14)13-27-20(7-8-24-27)25-23(29)15-9-21(28)26(12-15)16-10-18(30-2)22(32-4)19(11-16)31-3/h5-8,10-11,15H,9,12-13H2,1-4H3,(H,25,29). The number of aryl methyl sites for hydroxylation is 1. The Hall–Kier alpha value is -3.95. The number of carbonyl (C=O) groups is 2. The normalized spacial score (nSPS) is 15.6. The largest absolute Gasteiger partial charge is 0.493 e. The minimum absolute atomic E-state index is 0.0913. The van der Waals surface area contributed by atoms with Crippen molar-refractivity contribution in [1.82, 2.24) is 9.78 Å². The van der Waals surface area contributed by atoms with Gasteiger partial charge in [-0.05, 0) is 19.1 Å². The Morgan fingerprint density at radius 2 is 1.88 bits per heavy atom. The van der Waals surface area contributed by atoms with E-state index in [-0.39, 0.29) is 24.8 Å². The lowest BCUT2D eigenvalue weighted by Gasteiger charge is -2.20. The number of ether oxygens (including phenoxy) is 3. The monoisotopic (exact) mass is 454 g/mol. The van der Waals surface area contributed by atoms with Gasteiger partial charge in [-0.15, -0.1) is 0 Å². The maximum absolute atomic E-state index is 13.0. The fourth-order valence-electron chi connectivity index (χ4n) is 3.87. The molecule has 3 heterocycles. The van der Waals surface area contributed by atoms with Gasteiger partial charge >= 0.3 is 0 Å². The van der Waals surface area contributed by atoms with Crippen LogP contribution in [0.3, 0.4) is 0 Å². The van der Waals surface area contributed by atoms with Gasteiger partial charge in [0.05, 0.1) is 39.1 Å². The van der Waals surface area contributed by atoms with Gasteiger partial charge in [-0.3, -0.25) is 9.59 Å². The third-order valence-corrected chi connectivity index (χ3v) is 5.53. The van der Waals surface area contributed by atoms with Crippen molar-refractivity contribution in [2.24, 2.45) is 5.92 Å². The van der Waals surface area contributed by atoms with Gasteiger partial charge in [-0.2, -0.15) is 5.10 Å².